The fourth-order valence-corrected chi connectivity index (χ4v) is 0. The molecule has 3 nitrogen and oxygen atoms in total. The molecule has 0 spiro atoms. The van der Waals surface area contributed by atoms with Gasteiger partial charge in [0.25, 0.3) is 0 Å². The summed E-state index contributed by atoms with van der Waals surface area (Å²) in [5.74, 6) is 0. The zero-order chi connectivity index (χ0) is 6.08. The van der Waals surface area contributed by atoms with E-state index in [1.54, 1.807) is 0 Å². The Kier molecular flexibility index (Phi) is 2.83. The molecule has 0 aromatic heterocycles. The van der Waals surface area contributed by atoms with E-state index >= 15 is 0 Å². The second-order valence-corrected chi connectivity index (χ2v) is 14.9. The fraction of sp³-hybridized carbons (Fsp3) is 0. The van der Waals surface area contributed by atoms with Gasteiger partial charge in [-0.25, -0.2) is 0 Å². The van der Waals surface area contributed by atoms with Crippen molar-refractivity contribution in [1.82, 2.24) is 0 Å². The second kappa shape index (κ2) is 2.49. The number of nitro groups is 1. The molecule has 7 heteroatoms. The number of nitrogens with zero attached hydrogens (tertiary/aromatic N) is 1. The quantitative estimate of drug-likeness (QED) is 0.536. The molecule has 0 saturated heterocycles. The first kappa shape index (κ1) is 7.96. The second-order valence-electron chi connectivity index (χ2n) is 0.486. The number of hydrogen-bond acceptors (Lipinski definition) is 2. The summed E-state index contributed by atoms with van der Waals surface area (Å²) < 4.78 is -0.836. The van der Waals surface area contributed by atoms with Crippen molar-refractivity contribution in [3.05, 3.63) is 10.1 Å². The van der Waals surface area contributed by atoms with Crippen LogP contribution in [0.4, 0.5) is 0 Å². The van der Waals surface area contributed by atoms with Crippen LogP contribution in [0.2, 0.25) is 0 Å². The van der Waals surface area contributed by atoms with Gasteiger partial charge in [0, 0.05) is 0 Å². The van der Waals surface area contributed by atoms with Crippen LogP contribution in [0.3, 0.4) is 0 Å². The van der Waals surface area contributed by atoms with Gasteiger partial charge in [0.2, 0.25) is 0 Å². The zero-order valence-corrected chi connectivity index (χ0v) is 7.25. The summed E-state index contributed by atoms with van der Waals surface area (Å²) in [6.45, 7) is 0. The first-order valence-electron chi connectivity index (χ1n) is 0.865. The molecular weight excluding hydrogens is 347 g/mol. The van der Waals surface area contributed by atoms with Crippen LogP contribution in [0.5, 0.6) is 0 Å². The molecule has 0 aromatic carbocycles. The van der Waals surface area contributed by atoms with Crippen LogP contribution < -0.4 is 0 Å². The Labute approximate surface area is 55.0 Å². The van der Waals surface area contributed by atoms with Gasteiger partial charge in [-0.15, -0.1) is 0 Å². The maximum absolute atomic E-state index is 9.51. The zero-order valence-electron chi connectivity index (χ0n) is 2.71. The molecule has 0 rings (SSSR count). The van der Waals surface area contributed by atoms with Crippen LogP contribution in [0.15, 0.2) is 0 Å². The molecule has 0 aliphatic carbocycles. The van der Waals surface area contributed by atoms with Gasteiger partial charge in [0.15, 0.2) is 0 Å². The van der Waals surface area contributed by atoms with Crippen molar-refractivity contribution in [3.63, 3.8) is 0 Å². The van der Waals surface area contributed by atoms with Gasteiger partial charge in [0.1, 0.15) is 0 Å². The average Bonchev–Trinajstić information content (AvgIpc) is 1.31. The average molecular weight is 347 g/mol. The van der Waals surface area contributed by atoms with Gasteiger partial charge >= 0.3 is 55.0 Å². The Balaban J connectivity index is 3.79. The van der Waals surface area contributed by atoms with E-state index in [0.717, 1.165) is 0 Å². The normalized spacial score (nSPS) is 13.6. The van der Waals surface area contributed by atoms with Crippen molar-refractivity contribution >= 4 is 28.3 Å². The van der Waals surface area contributed by atoms with Crippen molar-refractivity contribution in [1.29, 1.82) is 0 Å². The summed E-state index contributed by atoms with van der Waals surface area (Å²) >= 11 is -3.97. The van der Waals surface area contributed by atoms with Gasteiger partial charge in [-0.05, 0) is 0 Å². The van der Waals surface area contributed by atoms with Crippen molar-refractivity contribution in [2.45, 2.75) is 0 Å². The summed E-state index contributed by atoms with van der Waals surface area (Å²) in [6.07, 6.45) is 0. The van der Waals surface area contributed by atoms with Crippen LogP contribution in [0.25, 0.3) is 0 Å². The predicted octanol–water partition coefficient (Wildman–Crippen LogP) is 1.79. The Bertz CT molecular complexity index is 85.4. The predicted molar refractivity (Wildman–Crippen MR) is 24.6 cm³/mol. The topological polar surface area (TPSA) is 43.1 Å². The number of rotatable bonds is 1. The minimum atomic E-state index is -3.97. The third-order valence-corrected chi connectivity index (χ3v) is 3.22. The first-order chi connectivity index (χ1) is 2.94. The molecule has 0 aliphatic heterocycles. The molecule has 7 heavy (non-hydrogen) atoms. The van der Waals surface area contributed by atoms with E-state index < -0.39 is 16.7 Å². The Morgan fingerprint density at radius 3 is 1.57 bits per heavy atom. The van der Waals surface area contributed by atoms with Crippen molar-refractivity contribution in [2.24, 2.45) is 0 Å². The van der Waals surface area contributed by atoms with Gasteiger partial charge in [-0.2, -0.15) is 0 Å². The monoisotopic (exact) mass is 346 g/mol. The van der Waals surface area contributed by atoms with E-state index in [2.05, 4.69) is 0 Å². The molecular formula is Cl3NO2Pt. The first-order valence-corrected chi connectivity index (χ1v) is 10.3. The summed E-state index contributed by atoms with van der Waals surface area (Å²) in [5, 5.41) is 9.51. The molecule has 0 fully saturated rings. The molecule has 0 radical (unpaired) electrons. The van der Waals surface area contributed by atoms with Gasteiger partial charge < -0.3 is 0 Å². The molecule has 0 heterocycles. The third-order valence-electron chi connectivity index (χ3n) is 0.131. The van der Waals surface area contributed by atoms with Gasteiger partial charge in [0.05, 0.1) is 0 Å². The van der Waals surface area contributed by atoms with E-state index in [1.807, 2.05) is 0 Å². The van der Waals surface area contributed by atoms with Crippen LogP contribution >= 0.6 is 28.3 Å². The van der Waals surface area contributed by atoms with Crippen LogP contribution in [0, 0.1) is 10.1 Å². The van der Waals surface area contributed by atoms with Gasteiger partial charge in [-0.1, -0.05) is 0 Å². The van der Waals surface area contributed by atoms with Crippen molar-refractivity contribution in [3.8, 4) is 0 Å². The van der Waals surface area contributed by atoms with E-state index in [4.69, 9.17) is 28.3 Å². The van der Waals surface area contributed by atoms with E-state index in [0.29, 0.717) is 0 Å². The molecule has 0 atom stereocenters. The van der Waals surface area contributed by atoms with Crippen LogP contribution in [-0.4, -0.2) is 3.48 Å². The molecule has 0 amide bonds. The summed E-state index contributed by atoms with van der Waals surface area (Å²) in [7, 11) is 14.6. The number of halogens is 3. The van der Waals surface area contributed by atoms with Crippen LogP contribution in [0.1, 0.15) is 0 Å². The van der Waals surface area contributed by atoms with E-state index in [9.17, 15) is 10.1 Å². The Hall–Kier alpha value is 0.958. The fourth-order valence-electron chi connectivity index (χ4n) is 0. The maximum atomic E-state index is 9.51. The van der Waals surface area contributed by atoms with Crippen molar-refractivity contribution < 1.29 is 16.7 Å². The molecule has 0 aromatic rings. The molecule has 48 valence electrons. The molecule has 0 N–H and O–H groups in total. The molecule has 0 unspecified atom stereocenters. The number of hydrogen-bond donors (Lipinski definition) is 0. The standard InChI is InChI=1S/3ClH.NO2.Pt/c;;;2-1-3;/h3*1H;;/q;;;;+3/p-3. The Morgan fingerprint density at radius 2 is 1.57 bits per heavy atom. The minimum absolute atomic E-state index is 0.836. The summed E-state index contributed by atoms with van der Waals surface area (Å²) in [5.41, 5.74) is 0. The SMILES string of the molecule is O=[N+]([O-])[Pt]([Cl])([Cl])[Cl]. The molecule has 0 saturated carbocycles. The Morgan fingerprint density at radius 1 is 1.43 bits per heavy atom. The van der Waals surface area contributed by atoms with Crippen molar-refractivity contribution in [2.75, 3.05) is 0 Å². The summed E-state index contributed by atoms with van der Waals surface area (Å²) in [4.78, 5) is 9.51. The summed E-state index contributed by atoms with van der Waals surface area (Å²) in [6, 6.07) is 0. The van der Waals surface area contributed by atoms with Gasteiger partial charge in [-0.3, -0.25) is 0 Å². The van der Waals surface area contributed by atoms with Crippen LogP contribution in [-0.2, 0) is 13.2 Å². The van der Waals surface area contributed by atoms with E-state index in [1.165, 1.54) is 0 Å². The molecule has 0 aliphatic rings. The third kappa shape index (κ3) is 3.53. The molecule has 0 bridgehead atoms. The van der Waals surface area contributed by atoms with E-state index in [-0.39, 0.29) is 0 Å².